The lowest BCUT2D eigenvalue weighted by molar-refractivity contribution is -0.138. The third kappa shape index (κ3) is 3.36. The Kier molecular flexibility index (Phi) is 4.39. The molecular formula is C15H13BrFNO2. The zero-order chi connectivity index (χ0) is 14.7. The molecule has 0 aliphatic rings. The van der Waals surface area contributed by atoms with Gasteiger partial charge in [-0.3, -0.25) is 0 Å². The van der Waals surface area contributed by atoms with Gasteiger partial charge in [-0.15, -0.1) is 0 Å². The Hall–Kier alpha value is -1.88. The molecule has 2 rings (SSSR count). The van der Waals surface area contributed by atoms with Crippen LogP contribution in [0.3, 0.4) is 0 Å². The Morgan fingerprint density at radius 3 is 2.60 bits per heavy atom. The van der Waals surface area contributed by atoms with Gasteiger partial charge in [0.15, 0.2) is 6.04 Å². The Morgan fingerprint density at radius 1 is 1.30 bits per heavy atom. The minimum atomic E-state index is -1.03. The lowest BCUT2D eigenvalue weighted by Crippen LogP contribution is -2.21. The fourth-order valence-corrected chi connectivity index (χ4v) is 2.48. The first-order valence-corrected chi connectivity index (χ1v) is 6.77. The molecule has 0 fully saturated rings. The van der Waals surface area contributed by atoms with Crippen LogP contribution >= 0.6 is 15.9 Å². The Labute approximate surface area is 124 Å². The molecule has 2 N–H and O–H groups in total. The smallest absolute Gasteiger partial charge is 0.330 e. The number of hydrogen-bond acceptors (Lipinski definition) is 2. The molecule has 0 aliphatic heterocycles. The Bertz CT molecular complexity index is 625. The van der Waals surface area contributed by atoms with Crippen LogP contribution in [0.1, 0.15) is 17.2 Å². The maximum absolute atomic E-state index is 13.4. The number of halogens is 2. The van der Waals surface area contributed by atoms with Crippen LogP contribution < -0.4 is 5.32 Å². The standard InChI is InChI=1S/C15H13BrFNO2/c1-9-6-10(17)8-11(7-9)18-14(15(19)20)12-4-2-3-5-13(12)16/h2-8,14,18H,1H3,(H,19,20). The van der Waals surface area contributed by atoms with E-state index in [0.717, 1.165) is 5.56 Å². The highest BCUT2D eigenvalue weighted by Crippen LogP contribution is 2.27. The van der Waals surface area contributed by atoms with Crippen LogP contribution in [0.4, 0.5) is 10.1 Å². The number of carbonyl (C=O) groups is 1. The van der Waals surface area contributed by atoms with Crippen LogP contribution in [-0.4, -0.2) is 11.1 Å². The van der Waals surface area contributed by atoms with E-state index in [1.54, 1.807) is 37.3 Å². The van der Waals surface area contributed by atoms with E-state index in [9.17, 15) is 14.3 Å². The average molecular weight is 338 g/mol. The summed E-state index contributed by atoms with van der Waals surface area (Å²) in [5.74, 6) is -1.43. The lowest BCUT2D eigenvalue weighted by Gasteiger charge is -2.18. The molecule has 0 aliphatic carbocycles. The minimum Gasteiger partial charge on any atom is -0.479 e. The SMILES string of the molecule is Cc1cc(F)cc(NC(C(=O)O)c2ccccc2Br)c1. The second-order valence-corrected chi connectivity index (χ2v) is 5.31. The largest absolute Gasteiger partial charge is 0.479 e. The van der Waals surface area contributed by atoms with Gasteiger partial charge in [0.25, 0.3) is 0 Å². The van der Waals surface area contributed by atoms with Crippen molar-refractivity contribution in [2.24, 2.45) is 0 Å². The van der Waals surface area contributed by atoms with Crippen LogP contribution in [0.25, 0.3) is 0 Å². The summed E-state index contributed by atoms with van der Waals surface area (Å²) in [6.45, 7) is 1.75. The van der Waals surface area contributed by atoms with Crippen molar-refractivity contribution in [3.8, 4) is 0 Å². The van der Waals surface area contributed by atoms with Gasteiger partial charge in [-0.2, -0.15) is 0 Å². The second kappa shape index (κ2) is 6.05. The predicted octanol–water partition coefficient (Wildman–Crippen LogP) is 4.13. The fraction of sp³-hybridized carbons (Fsp3) is 0.133. The molecule has 0 spiro atoms. The minimum absolute atomic E-state index is 0.399. The molecule has 20 heavy (non-hydrogen) atoms. The molecular weight excluding hydrogens is 325 g/mol. The van der Waals surface area contributed by atoms with Gasteiger partial charge in [0, 0.05) is 10.2 Å². The number of rotatable bonds is 4. The van der Waals surface area contributed by atoms with Crippen LogP contribution in [0.5, 0.6) is 0 Å². The van der Waals surface area contributed by atoms with E-state index >= 15 is 0 Å². The molecule has 0 saturated heterocycles. The molecule has 0 saturated carbocycles. The number of anilines is 1. The highest BCUT2D eigenvalue weighted by Gasteiger charge is 2.21. The van der Waals surface area contributed by atoms with Crippen molar-refractivity contribution in [3.05, 3.63) is 63.9 Å². The molecule has 0 radical (unpaired) electrons. The number of hydrogen-bond donors (Lipinski definition) is 2. The van der Waals surface area contributed by atoms with Gasteiger partial charge >= 0.3 is 5.97 Å². The van der Waals surface area contributed by atoms with Crippen molar-refractivity contribution < 1.29 is 14.3 Å². The Morgan fingerprint density at radius 2 is 2.00 bits per heavy atom. The summed E-state index contributed by atoms with van der Waals surface area (Å²) in [6, 6.07) is 10.5. The van der Waals surface area contributed by atoms with E-state index < -0.39 is 17.8 Å². The summed E-state index contributed by atoms with van der Waals surface area (Å²) in [7, 11) is 0. The number of benzene rings is 2. The highest BCUT2D eigenvalue weighted by atomic mass is 79.9. The van der Waals surface area contributed by atoms with Crippen LogP contribution in [-0.2, 0) is 4.79 Å². The lowest BCUT2D eigenvalue weighted by atomic mass is 10.1. The summed E-state index contributed by atoms with van der Waals surface area (Å²) in [5, 5.41) is 12.2. The molecule has 0 aromatic heterocycles. The normalized spacial score (nSPS) is 11.9. The van der Waals surface area contributed by atoms with Crippen LogP contribution in [0, 0.1) is 12.7 Å². The van der Waals surface area contributed by atoms with Crippen LogP contribution in [0.15, 0.2) is 46.9 Å². The predicted molar refractivity (Wildman–Crippen MR) is 79.3 cm³/mol. The van der Waals surface area contributed by atoms with Crippen LogP contribution in [0.2, 0.25) is 0 Å². The summed E-state index contributed by atoms with van der Waals surface area (Å²) in [6.07, 6.45) is 0. The van der Waals surface area contributed by atoms with Gasteiger partial charge in [-0.05, 0) is 42.3 Å². The van der Waals surface area contributed by atoms with Crippen molar-refractivity contribution in [2.75, 3.05) is 5.32 Å². The summed E-state index contributed by atoms with van der Waals surface area (Å²) in [5.41, 5.74) is 1.75. The topological polar surface area (TPSA) is 49.3 Å². The van der Waals surface area contributed by atoms with Crippen molar-refractivity contribution in [2.45, 2.75) is 13.0 Å². The molecule has 0 amide bonds. The van der Waals surface area contributed by atoms with Crippen molar-refractivity contribution >= 4 is 27.6 Å². The number of carboxylic acids is 1. The van der Waals surface area contributed by atoms with E-state index in [4.69, 9.17) is 0 Å². The fourth-order valence-electron chi connectivity index (χ4n) is 1.97. The zero-order valence-electron chi connectivity index (χ0n) is 10.7. The molecule has 0 heterocycles. The van der Waals surface area contributed by atoms with Gasteiger partial charge in [0.1, 0.15) is 5.82 Å². The first kappa shape index (κ1) is 14.5. The quantitative estimate of drug-likeness (QED) is 0.881. The molecule has 2 aromatic rings. The Balaban J connectivity index is 2.36. The first-order chi connectivity index (χ1) is 9.47. The van der Waals surface area contributed by atoms with Crippen molar-refractivity contribution in [1.29, 1.82) is 0 Å². The van der Waals surface area contributed by atoms with E-state index in [1.807, 2.05) is 0 Å². The van der Waals surface area contributed by atoms with Gasteiger partial charge in [0.2, 0.25) is 0 Å². The maximum Gasteiger partial charge on any atom is 0.330 e. The van der Waals surface area contributed by atoms with E-state index in [2.05, 4.69) is 21.2 Å². The summed E-state index contributed by atoms with van der Waals surface area (Å²) in [4.78, 5) is 11.4. The van der Waals surface area contributed by atoms with Crippen molar-refractivity contribution in [3.63, 3.8) is 0 Å². The molecule has 1 unspecified atom stereocenters. The average Bonchev–Trinajstić information content (AvgIpc) is 2.35. The molecule has 104 valence electrons. The van der Waals surface area contributed by atoms with Gasteiger partial charge in [0.05, 0.1) is 0 Å². The number of aliphatic carboxylic acids is 1. The third-order valence-electron chi connectivity index (χ3n) is 2.82. The monoisotopic (exact) mass is 337 g/mol. The van der Waals surface area contributed by atoms with E-state index in [-0.39, 0.29) is 0 Å². The van der Waals surface area contributed by atoms with Gasteiger partial charge < -0.3 is 10.4 Å². The number of nitrogens with one attached hydrogen (secondary N) is 1. The first-order valence-electron chi connectivity index (χ1n) is 5.98. The molecule has 5 heteroatoms. The van der Waals surface area contributed by atoms with Gasteiger partial charge in [-0.25, -0.2) is 9.18 Å². The van der Waals surface area contributed by atoms with Crippen molar-refractivity contribution in [1.82, 2.24) is 0 Å². The zero-order valence-corrected chi connectivity index (χ0v) is 12.3. The summed E-state index contributed by atoms with van der Waals surface area (Å²) < 4.78 is 14.1. The molecule has 0 bridgehead atoms. The second-order valence-electron chi connectivity index (χ2n) is 4.45. The van der Waals surface area contributed by atoms with Gasteiger partial charge in [-0.1, -0.05) is 34.1 Å². The number of carboxylic acid groups (broad SMARTS) is 1. The highest BCUT2D eigenvalue weighted by molar-refractivity contribution is 9.10. The van der Waals surface area contributed by atoms with E-state index in [1.165, 1.54) is 12.1 Å². The molecule has 1 atom stereocenters. The maximum atomic E-state index is 13.4. The third-order valence-corrected chi connectivity index (χ3v) is 3.54. The number of aryl methyl sites for hydroxylation is 1. The summed E-state index contributed by atoms with van der Waals surface area (Å²) >= 11 is 3.33. The molecule has 3 nitrogen and oxygen atoms in total. The van der Waals surface area contributed by atoms with E-state index in [0.29, 0.717) is 15.7 Å². The molecule has 2 aromatic carbocycles.